The Labute approximate surface area is 142 Å². The molecule has 126 valence electrons. The molecule has 2 N–H and O–H groups in total. The fourth-order valence-corrected chi connectivity index (χ4v) is 2.18. The molecule has 0 atom stereocenters. The topological polar surface area (TPSA) is 67.4 Å². The molecule has 2 aromatic carbocycles. The minimum absolute atomic E-state index is 0.139. The third-order valence-electron chi connectivity index (χ3n) is 3.40. The molecule has 0 aromatic heterocycles. The van der Waals surface area contributed by atoms with Crippen molar-refractivity contribution >= 4 is 23.2 Å². The van der Waals surface area contributed by atoms with Crippen molar-refractivity contribution in [3.05, 3.63) is 54.1 Å². The first-order valence-corrected chi connectivity index (χ1v) is 7.96. The van der Waals surface area contributed by atoms with Crippen LogP contribution in [0.25, 0.3) is 0 Å². The van der Waals surface area contributed by atoms with E-state index in [0.717, 1.165) is 12.2 Å². The molecule has 0 radical (unpaired) electrons. The quantitative estimate of drug-likeness (QED) is 0.816. The predicted molar refractivity (Wildman–Crippen MR) is 95.3 cm³/mol. The van der Waals surface area contributed by atoms with Gasteiger partial charge in [-0.3, -0.25) is 9.59 Å². The average Bonchev–Trinajstić information content (AvgIpc) is 2.55. The summed E-state index contributed by atoms with van der Waals surface area (Å²) in [4.78, 5) is 23.0. The molecule has 24 heavy (non-hydrogen) atoms. The van der Waals surface area contributed by atoms with Crippen LogP contribution in [0.4, 0.5) is 11.4 Å². The molecule has 2 aromatic rings. The Morgan fingerprint density at radius 3 is 2.29 bits per heavy atom. The minimum atomic E-state index is -0.152. The van der Waals surface area contributed by atoms with Gasteiger partial charge in [0.25, 0.3) is 0 Å². The van der Waals surface area contributed by atoms with E-state index in [1.165, 1.54) is 12.5 Å². The van der Waals surface area contributed by atoms with Crippen LogP contribution in [0.5, 0.6) is 5.75 Å². The molecule has 0 heterocycles. The lowest BCUT2D eigenvalue weighted by Crippen LogP contribution is -2.15. The van der Waals surface area contributed by atoms with Gasteiger partial charge in [-0.05, 0) is 42.3 Å². The van der Waals surface area contributed by atoms with Gasteiger partial charge in [-0.1, -0.05) is 25.1 Å². The first-order chi connectivity index (χ1) is 11.6. The van der Waals surface area contributed by atoms with Gasteiger partial charge in [0.05, 0.1) is 13.0 Å². The molecule has 0 saturated heterocycles. The molecule has 5 nitrogen and oxygen atoms in total. The van der Waals surface area contributed by atoms with E-state index in [1.54, 1.807) is 24.3 Å². The summed E-state index contributed by atoms with van der Waals surface area (Å²) >= 11 is 0. The minimum Gasteiger partial charge on any atom is -0.493 e. The average molecular weight is 326 g/mol. The van der Waals surface area contributed by atoms with Gasteiger partial charge in [0.1, 0.15) is 5.75 Å². The molecule has 2 rings (SSSR count). The van der Waals surface area contributed by atoms with E-state index in [-0.39, 0.29) is 18.2 Å². The molecule has 0 aliphatic carbocycles. The van der Waals surface area contributed by atoms with Gasteiger partial charge < -0.3 is 15.4 Å². The van der Waals surface area contributed by atoms with E-state index in [1.807, 2.05) is 24.3 Å². The Balaban J connectivity index is 1.79. The van der Waals surface area contributed by atoms with Crippen LogP contribution in [0.2, 0.25) is 0 Å². The number of hydrogen-bond donors (Lipinski definition) is 2. The van der Waals surface area contributed by atoms with Crippen LogP contribution in [0.1, 0.15) is 25.8 Å². The summed E-state index contributed by atoms with van der Waals surface area (Å²) in [5.41, 5.74) is 2.53. The van der Waals surface area contributed by atoms with Crippen molar-refractivity contribution in [2.75, 3.05) is 17.2 Å². The van der Waals surface area contributed by atoms with Gasteiger partial charge >= 0.3 is 0 Å². The highest BCUT2D eigenvalue weighted by Crippen LogP contribution is 2.16. The number of ether oxygens (including phenoxy) is 1. The molecule has 0 spiro atoms. The van der Waals surface area contributed by atoms with Gasteiger partial charge in [-0.25, -0.2) is 0 Å². The summed E-state index contributed by atoms with van der Waals surface area (Å²) in [5, 5.41) is 5.47. The molecule has 0 fully saturated rings. The fraction of sp³-hybridized carbons (Fsp3) is 0.263. The molecular weight excluding hydrogens is 304 g/mol. The highest BCUT2D eigenvalue weighted by Gasteiger charge is 2.04. The number of rotatable bonds is 7. The number of amides is 2. The van der Waals surface area contributed by atoms with Crippen LogP contribution in [0, 0.1) is 0 Å². The highest BCUT2D eigenvalue weighted by atomic mass is 16.5. The third kappa shape index (κ3) is 5.76. The second-order valence-electron chi connectivity index (χ2n) is 5.41. The van der Waals surface area contributed by atoms with Crippen molar-refractivity contribution in [3.8, 4) is 5.75 Å². The van der Waals surface area contributed by atoms with Gasteiger partial charge in [0, 0.05) is 18.3 Å². The first-order valence-electron chi connectivity index (χ1n) is 7.96. The third-order valence-corrected chi connectivity index (χ3v) is 3.40. The van der Waals surface area contributed by atoms with E-state index in [4.69, 9.17) is 4.74 Å². The first kappa shape index (κ1) is 17.5. The maximum absolute atomic E-state index is 12.0. The summed E-state index contributed by atoms with van der Waals surface area (Å²) < 4.78 is 5.57. The Bertz CT molecular complexity index is 696. The molecular formula is C19H22N2O3. The largest absolute Gasteiger partial charge is 0.493 e. The molecule has 0 aliphatic heterocycles. The van der Waals surface area contributed by atoms with Gasteiger partial charge in [-0.2, -0.15) is 0 Å². The Morgan fingerprint density at radius 2 is 1.67 bits per heavy atom. The van der Waals surface area contributed by atoms with Crippen LogP contribution in [0.3, 0.4) is 0 Å². The second kappa shape index (κ2) is 8.72. The number of benzene rings is 2. The molecule has 5 heteroatoms. The normalized spacial score (nSPS) is 10.1. The zero-order valence-electron chi connectivity index (χ0n) is 14.0. The van der Waals surface area contributed by atoms with E-state index >= 15 is 0 Å². The summed E-state index contributed by atoms with van der Waals surface area (Å²) in [6, 6.07) is 14.9. The predicted octanol–water partition coefficient (Wildman–Crippen LogP) is 3.62. The highest BCUT2D eigenvalue weighted by molar-refractivity contribution is 5.93. The van der Waals surface area contributed by atoms with Gasteiger partial charge in [0.2, 0.25) is 11.8 Å². The molecule has 0 aliphatic rings. The SMILES string of the molecule is CCc1ccc(OCCC(=O)Nc2cccc(NC(C)=O)c2)cc1. The number of hydrogen-bond acceptors (Lipinski definition) is 3. The van der Waals surface area contributed by atoms with Crippen molar-refractivity contribution in [2.24, 2.45) is 0 Å². The Hall–Kier alpha value is -2.82. The standard InChI is InChI=1S/C19H22N2O3/c1-3-15-7-9-18(10-8-15)24-12-11-19(23)21-17-6-4-5-16(13-17)20-14(2)22/h4-10,13H,3,11-12H2,1-2H3,(H,20,22)(H,21,23). The lowest BCUT2D eigenvalue weighted by Gasteiger charge is -2.09. The number of aryl methyl sites for hydroxylation is 1. The van der Waals surface area contributed by atoms with Gasteiger partial charge in [0.15, 0.2) is 0 Å². The maximum atomic E-state index is 12.0. The second-order valence-corrected chi connectivity index (χ2v) is 5.41. The number of nitrogens with one attached hydrogen (secondary N) is 2. The van der Waals surface area contributed by atoms with Crippen molar-refractivity contribution in [1.29, 1.82) is 0 Å². The van der Waals surface area contributed by atoms with Crippen LogP contribution in [0.15, 0.2) is 48.5 Å². The summed E-state index contributed by atoms with van der Waals surface area (Å²) in [5.74, 6) is 0.466. The van der Waals surface area contributed by atoms with E-state index in [2.05, 4.69) is 17.6 Å². The zero-order valence-corrected chi connectivity index (χ0v) is 14.0. The monoisotopic (exact) mass is 326 g/mol. The van der Waals surface area contributed by atoms with Crippen LogP contribution < -0.4 is 15.4 Å². The maximum Gasteiger partial charge on any atom is 0.227 e. The van der Waals surface area contributed by atoms with E-state index < -0.39 is 0 Å². The lowest BCUT2D eigenvalue weighted by molar-refractivity contribution is -0.116. The summed E-state index contributed by atoms with van der Waals surface area (Å²) in [6.45, 7) is 3.85. The zero-order chi connectivity index (χ0) is 17.4. The molecule has 0 bridgehead atoms. The van der Waals surface area contributed by atoms with Gasteiger partial charge in [-0.15, -0.1) is 0 Å². The number of carbonyl (C=O) groups is 2. The smallest absolute Gasteiger partial charge is 0.227 e. The molecule has 0 saturated carbocycles. The number of carbonyl (C=O) groups excluding carboxylic acids is 2. The lowest BCUT2D eigenvalue weighted by atomic mass is 10.2. The number of anilines is 2. The Morgan fingerprint density at radius 1 is 1.00 bits per heavy atom. The van der Waals surface area contributed by atoms with E-state index in [9.17, 15) is 9.59 Å². The summed E-state index contributed by atoms with van der Waals surface area (Å²) in [7, 11) is 0. The van der Waals surface area contributed by atoms with Crippen LogP contribution in [-0.4, -0.2) is 18.4 Å². The molecule has 0 unspecified atom stereocenters. The Kier molecular flexibility index (Phi) is 6.37. The molecule has 2 amide bonds. The van der Waals surface area contributed by atoms with Crippen LogP contribution >= 0.6 is 0 Å². The van der Waals surface area contributed by atoms with Crippen LogP contribution in [-0.2, 0) is 16.0 Å². The summed E-state index contributed by atoms with van der Waals surface area (Å²) in [6.07, 6.45) is 1.24. The van der Waals surface area contributed by atoms with Crippen molar-refractivity contribution in [3.63, 3.8) is 0 Å². The van der Waals surface area contributed by atoms with Crippen molar-refractivity contribution in [1.82, 2.24) is 0 Å². The van der Waals surface area contributed by atoms with Crippen molar-refractivity contribution < 1.29 is 14.3 Å². The fourth-order valence-electron chi connectivity index (χ4n) is 2.18. The van der Waals surface area contributed by atoms with Crippen molar-refractivity contribution in [2.45, 2.75) is 26.7 Å². The van der Waals surface area contributed by atoms with E-state index in [0.29, 0.717) is 18.0 Å².